The Balaban J connectivity index is 2.24. The third-order valence-electron chi connectivity index (χ3n) is 2.62. The van der Waals surface area contributed by atoms with E-state index in [4.69, 9.17) is 28.5 Å². The highest BCUT2D eigenvalue weighted by Crippen LogP contribution is 2.23. The number of hydrogen-bond acceptors (Lipinski definition) is 4. The second-order valence-corrected chi connectivity index (χ2v) is 6.92. The quantitative estimate of drug-likeness (QED) is 0.622. The van der Waals surface area contributed by atoms with Crippen LogP contribution in [0.1, 0.15) is 12.0 Å². The molecule has 1 aromatic rings. The van der Waals surface area contributed by atoms with Crippen molar-refractivity contribution in [2.75, 3.05) is 12.3 Å². The summed E-state index contributed by atoms with van der Waals surface area (Å²) in [5, 5.41) is 9.18. The Morgan fingerprint density at radius 2 is 2.39 bits per heavy atom. The van der Waals surface area contributed by atoms with Crippen molar-refractivity contribution in [3.05, 3.63) is 28.0 Å². The minimum atomic E-state index is -2.57. The monoisotopic (exact) mass is 304 g/mol. The van der Waals surface area contributed by atoms with Gasteiger partial charge in [0.05, 0.1) is 5.02 Å². The Morgan fingerprint density at radius 3 is 3.06 bits per heavy atom. The Kier molecular flexibility index (Phi) is 4.07. The molecule has 8 heteroatoms. The van der Waals surface area contributed by atoms with Crippen LogP contribution in [-0.4, -0.2) is 25.8 Å². The Labute approximate surface area is 116 Å². The van der Waals surface area contributed by atoms with Crippen molar-refractivity contribution in [2.24, 2.45) is 4.36 Å². The first-order valence-electron chi connectivity index (χ1n) is 5.23. The van der Waals surface area contributed by atoms with Crippen LogP contribution >= 0.6 is 23.2 Å². The van der Waals surface area contributed by atoms with E-state index in [1.165, 1.54) is 0 Å². The average molecular weight is 305 g/mol. The molecule has 2 rings (SSSR count). The van der Waals surface area contributed by atoms with Gasteiger partial charge >= 0.3 is 0 Å². The van der Waals surface area contributed by atoms with Gasteiger partial charge in [-0.2, -0.15) is 5.26 Å². The lowest BCUT2D eigenvalue weighted by atomic mass is 10.3. The van der Waals surface area contributed by atoms with E-state index in [2.05, 4.69) is 9.35 Å². The fourth-order valence-corrected chi connectivity index (χ4v) is 3.95. The molecule has 1 saturated heterocycles. The summed E-state index contributed by atoms with van der Waals surface area (Å²) in [5.41, 5.74) is 0.798. The summed E-state index contributed by atoms with van der Waals surface area (Å²) < 4.78 is 17.6. The van der Waals surface area contributed by atoms with E-state index in [0.29, 0.717) is 23.9 Å². The van der Waals surface area contributed by atoms with Crippen LogP contribution in [0.4, 0.5) is 0 Å². The van der Waals surface area contributed by atoms with Crippen molar-refractivity contribution in [1.29, 1.82) is 5.26 Å². The molecule has 1 fully saturated rings. The Hall–Kier alpha value is -0.870. The van der Waals surface area contributed by atoms with Gasteiger partial charge < -0.3 is 0 Å². The average Bonchev–Trinajstić information content (AvgIpc) is 2.66. The summed E-state index contributed by atoms with van der Waals surface area (Å²) in [4.78, 5) is 3.93. The number of halogens is 2. The molecule has 18 heavy (non-hydrogen) atoms. The molecule has 96 valence electrons. The van der Waals surface area contributed by atoms with Crippen LogP contribution < -0.4 is 0 Å². The molecular formula is C10H10Cl2N4OS. The Bertz CT molecular complexity index is 619. The molecule has 0 aromatic carbocycles. The number of rotatable bonds is 2. The molecule has 2 heterocycles. The van der Waals surface area contributed by atoms with E-state index in [9.17, 15) is 4.21 Å². The molecule has 0 aliphatic carbocycles. The number of hydrogen-bond donors (Lipinski definition) is 0. The van der Waals surface area contributed by atoms with Crippen LogP contribution in [0.5, 0.6) is 0 Å². The first-order valence-corrected chi connectivity index (χ1v) is 7.63. The third kappa shape index (κ3) is 2.75. The predicted octanol–water partition coefficient (Wildman–Crippen LogP) is 2.46. The lowest BCUT2D eigenvalue weighted by Gasteiger charge is -2.16. The van der Waals surface area contributed by atoms with Gasteiger partial charge in [0.2, 0.25) is 6.19 Å². The zero-order valence-corrected chi connectivity index (χ0v) is 11.7. The summed E-state index contributed by atoms with van der Waals surface area (Å²) in [6.45, 7) is 1.04. The van der Waals surface area contributed by atoms with Crippen LogP contribution in [0.25, 0.3) is 0 Å². The van der Waals surface area contributed by atoms with Crippen molar-refractivity contribution in [3.8, 4) is 6.19 Å². The van der Waals surface area contributed by atoms with Crippen LogP contribution in [0.2, 0.25) is 10.2 Å². The molecule has 0 spiro atoms. The van der Waals surface area contributed by atoms with Gasteiger partial charge in [-0.15, -0.1) is 4.36 Å². The Morgan fingerprint density at radius 1 is 1.61 bits per heavy atom. The van der Waals surface area contributed by atoms with E-state index in [1.807, 2.05) is 0 Å². The van der Waals surface area contributed by atoms with Gasteiger partial charge in [0.1, 0.15) is 15.1 Å². The molecule has 0 N–H and O–H groups in total. The third-order valence-corrected chi connectivity index (χ3v) is 5.61. The van der Waals surface area contributed by atoms with Gasteiger partial charge in [-0.05, 0) is 18.1 Å². The highest BCUT2D eigenvalue weighted by molar-refractivity contribution is 7.91. The van der Waals surface area contributed by atoms with E-state index >= 15 is 0 Å². The standard InChI is InChI=1S/C10H10Cl2N4OS/c11-9-4-8(5-14-10(9)12)6-16-2-1-3-18(16,17)15-7-13/h4-5H,1-3,6H2. The number of pyridine rings is 1. The van der Waals surface area contributed by atoms with E-state index in [0.717, 1.165) is 12.0 Å². The SMILES string of the molecule is N#CN=S1(=O)CCCN1Cc1cnc(Cl)c(Cl)c1. The van der Waals surface area contributed by atoms with Crippen LogP contribution in [-0.2, 0) is 16.5 Å². The van der Waals surface area contributed by atoms with Crippen molar-refractivity contribution in [3.63, 3.8) is 0 Å². The predicted molar refractivity (Wildman–Crippen MR) is 70.3 cm³/mol. The van der Waals surface area contributed by atoms with Crippen LogP contribution in [0.15, 0.2) is 16.6 Å². The molecule has 1 atom stereocenters. The number of nitrogens with zero attached hydrogens (tertiary/aromatic N) is 4. The summed E-state index contributed by atoms with van der Waals surface area (Å²) in [7, 11) is -2.57. The maximum absolute atomic E-state index is 12.3. The maximum atomic E-state index is 12.3. The van der Waals surface area contributed by atoms with Gasteiger partial charge in [0.25, 0.3) is 0 Å². The van der Waals surface area contributed by atoms with Gasteiger partial charge in [-0.25, -0.2) is 13.5 Å². The van der Waals surface area contributed by atoms with Gasteiger partial charge in [0.15, 0.2) is 0 Å². The molecule has 0 amide bonds. The first kappa shape index (κ1) is 13.6. The summed E-state index contributed by atoms with van der Waals surface area (Å²) >= 11 is 11.6. The highest BCUT2D eigenvalue weighted by atomic mass is 35.5. The molecular weight excluding hydrogens is 295 g/mol. The molecule has 1 unspecified atom stereocenters. The van der Waals surface area contributed by atoms with E-state index < -0.39 is 9.92 Å². The molecule has 0 bridgehead atoms. The number of nitriles is 1. The molecule has 5 nitrogen and oxygen atoms in total. The lowest BCUT2D eigenvalue weighted by molar-refractivity contribution is 0.465. The molecule has 1 aromatic heterocycles. The van der Waals surface area contributed by atoms with E-state index in [-0.39, 0.29) is 5.15 Å². The molecule has 0 saturated carbocycles. The summed E-state index contributed by atoms with van der Waals surface area (Å²) in [6.07, 6.45) is 3.98. The lowest BCUT2D eigenvalue weighted by Crippen LogP contribution is -2.25. The van der Waals surface area contributed by atoms with Crippen molar-refractivity contribution in [2.45, 2.75) is 13.0 Å². The van der Waals surface area contributed by atoms with Crippen molar-refractivity contribution in [1.82, 2.24) is 9.29 Å². The van der Waals surface area contributed by atoms with Crippen LogP contribution in [0.3, 0.4) is 0 Å². The van der Waals surface area contributed by atoms with Gasteiger partial charge in [-0.3, -0.25) is 0 Å². The summed E-state index contributed by atoms with van der Waals surface area (Å²) in [5.74, 6) is 0.426. The fraction of sp³-hybridized carbons (Fsp3) is 0.400. The zero-order valence-electron chi connectivity index (χ0n) is 9.34. The largest absolute Gasteiger partial charge is 0.243 e. The first-order chi connectivity index (χ1) is 8.55. The molecule has 0 radical (unpaired) electrons. The molecule has 1 aliphatic heterocycles. The van der Waals surface area contributed by atoms with E-state index in [1.54, 1.807) is 22.8 Å². The maximum Gasteiger partial charge on any atom is 0.215 e. The highest BCUT2D eigenvalue weighted by Gasteiger charge is 2.27. The normalized spacial score (nSPS) is 23.8. The topological polar surface area (TPSA) is 69.3 Å². The van der Waals surface area contributed by atoms with Crippen molar-refractivity contribution >= 4 is 33.1 Å². The number of aromatic nitrogens is 1. The molecule has 1 aliphatic rings. The van der Waals surface area contributed by atoms with Crippen LogP contribution in [0, 0.1) is 11.5 Å². The second-order valence-electron chi connectivity index (χ2n) is 3.84. The second kappa shape index (κ2) is 5.41. The minimum absolute atomic E-state index is 0.240. The smallest absolute Gasteiger partial charge is 0.215 e. The zero-order chi connectivity index (χ0) is 13.2. The van der Waals surface area contributed by atoms with Gasteiger partial charge in [-0.1, -0.05) is 23.2 Å². The van der Waals surface area contributed by atoms with Crippen molar-refractivity contribution < 1.29 is 4.21 Å². The van der Waals surface area contributed by atoms with Gasteiger partial charge in [0, 0.05) is 25.0 Å². The summed E-state index contributed by atoms with van der Waals surface area (Å²) in [6, 6.07) is 1.68. The minimum Gasteiger partial charge on any atom is -0.243 e. The fourth-order valence-electron chi connectivity index (χ4n) is 1.80.